The Bertz CT molecular complexity index is 1310. The number of nitrogens with zero attached hydrogens (tertiary/aromatic N) is 7. The molecule has 0 aliphatic heterocycles. The lowest BCUT2D eigenvalue weighted by Gasteiger charge is -2.10. The number of nitrogens with one attached hydrogen (secondary N) is 1. The van der Waals surface area contributed by atoms with E-state index in [-0.39, 0.29) is 36.8 Å². The van der Waals surface area contributed by atoms with Gasteiger partial charge in [-0.05, 0) is 18.9 Å². The summed E-state index contributed by atoms with van der Waals surface area (Å²) in [5.74, 6) is -0.395. The molecule has 11 nitrogen and oxygen atoms in total. The molecule has 0 unspecified atom stereocenters. The van der Waals surface area contributed by atoms with Gasteiger partial charge in [0.25, 0.3) is 0 Å². The van der Waals surface area contributed by atoms with Crippen molar-refractivity contribution >= 4 is 28.4 Å². The Morgan fingerprint density at radius 2 is 1.94 bits per heavy atom. The Morgan fingerprint density at radius 3 is 2.67 bits per heavy atom. The van der Waals surface area contributed by atoms with Crippen LogP contribution < -0.4 is 5.32 Å². The number of carbonyl (C=O) groups is 2. The summed E-state index contributed by atoms with van der Waals surface area (Å²) in [7, 11) is 0. The normalized spacial score (nSPS) is 12.3. The number of amides is 1. The molecular formula is C22H24N8O3. The van der Waals surface area contributed by atoms with Gasteiger partial charge in [-0.3, -0.25) is 14.6 Å². The average molecular weight is 448 g/mol. The Balaban J connectivity index is 1.55. The molecular weight excluding hydrogens is 424 g/mol. The molecule has 4 aromatic heterocycles. The first-order valence-corrected chi connectivity index (χ1v) is 10.5. The third-order valence-electron chi connectivity index (χ3n) is 5.22. The van der Waals surface area contributed by atoms with E-state index in [0.717, 1.165) is 5.69 Å². The lowest BCUT2D eigenvalue weighted by atomic mass is 10.1. The van der Waals surface area contributed by atoms with Crippen molar-refractivity contribution in [2.75, 3.05) is 11.9 Å². The van der Waals surface area contributed by atoms with Gasteiger partial charge in [-0.15, -0.1) is 5.10 Å². The third-order valence-corrected chi connectivity index (χ3v) is 5.22. The molecule has 33 heavy (non-hydrogen) atoms. The van der Waals surface area contributed by atoms with Gasteiger partial charge in [-0.2, -0.15) is 0 Å². The fraction of sp³-hybridized carbons (Fsp3) is 0.318. The number of anilines is 1. The molecule has 0 radical (unpaired) electrons. The number of ketones is 1. The molecule has 0 bridgehead atoms. The fourth-order valence-corrected chi connectivity index (χ4v) is 3.38. The molecule has 170 valence electrons. The molecule has 4 heterocycles. The molecule has 11 heteroatoms. The van der Waals surface area contributed by atoms with Gasteiger partial charge >= 0.3 is 0 Å². The maximum absolute atomic E-state index is 13.3. The zero-order valence-electron chi connectivity index (χ0n) is 18.5. The van der Waals surface area contributed by atoms with Gasteiger partial charge in [0.15, 0.2) is 5.78 Å². The Labute approximate surface area is 189 Å². The number of carbonyl (C=O) groups excluding carboxylic acids is 2. The molecule has 0 aromatic carbocycles. The summed E-state index contributed by atoms with van der Waals surface area (Å²) in [5.41, 5.74) is 2.44. The van der Waals surface area contributed by atoms with Crippen molar-refractivity contribution in [3.8, 4) is 0 Å². The van der Waals surface area contributed by atoms with E-state index in [0.29, 0.717) is 27.8 Å². The molecule has 2 N–H and O–H groups in total. The van der Waals surface area contributed by atoms with Crippen molar-refractivity contribution in [1.82, 2.24) is 34.5 Å². The second-order valence-corrected chi connectivity index (χ2v) is 8.08. The standard InChI is InChI=1S/C22H24N8O3/c1-13(2)19-9-29(28-27-19)10-20(32)26-16-4-15(5-23-6-16)21(33)18-8-30(14(3)11-31)22-17(18)7-24-12-25-22/h4-9,12-14,31H,10-11H2,1-3H3,(H,26,32)/t14-/m1/s1. The number of pyridine rings is 1. The SMILES string of the molecule is CC(C)c1cn(CC(=O)Nc2cncc(C(=O)c3cn([C@H](C)CO)c4ncncc34)c2)nn1. The highest BCUT2D eigenvalue weighted by Gasteiger charge is 2.20. The van der Waals surface area contributed by atoms with E-state index in [1.54, 1.807) is 29.2 Å². The summed E-state index contributed by atoms with van der Waals surface area (Å²) >= 11 is 0. The number of aromatic nitrogens is 7. The van der Waals surface area contributed by atoms with E-state index in [4.69, 9.17) is 0 Å². The number of aliphatic hydroxyl groups excluding tert-OH is 1. The minimum Gasteiger partial charge on any atom is -0.394 e. The molecule has 0 aliphatic carbocycles. The van der Waals surface area contributed by atoms with Crippen molar-refractivity contribution in [1.29, 1.82) is 0 Å². The van der Waals surface area contributed by atoms with Gasteiger partial charge in [0.05, 0.1) is 35.8 Å². The van der Waals surface area contributed by atoms with Crippen LogP contribution in [0.5, 0.6) is 0 Å². The largest absolute Gasteiger partial charge is 0.394 e. The first-order valence-electron chi connectivity index (χ1n) is 10.5. The average Bonchev–Trinajstić information content (AvgIpc) is 3.43. The monoisotopic (exact) mass is 448 g/mol. The molecule has 1 atom stereocenters. The van der Waals surface area contributed by atoms with Gasteiger partial charge in [0.1, 0.15) is 18.5 Å². The van der Waals surface area contributed by atoms with E-state index in [9.17, 15) is 14.7 Å². The van der Waals surface area contributed by atoms with Gasteiger partial charge in [-0.25, -0.2) is 14.6 Å². The summed E-state index contributed by atoms with van der Waals surface area (Å²) in [4.78, 5) is 38.1. The van der Waals surface area contributed by atoms with Crippen molar-refractivity contribution in [2.24, 2.45) is 0 Å². The summed E-state index contributed by atoms with van der Waals surface area (Å²) in [6.45, 7) is 5.70. The van der Waals surface area contributed by atoms with E-state index in [1.165, 1.54) is 23.4 Å². The van der Waals surface area contributed by atoms with E-state index in [2.05, 4.69) is 30.6 Å². The zero-order valence-corrected chi connectivity index (χ0v) is 18.5. The Hall–Kier alpha value is -3.99. The summed E-state index contributed by atoms with van der Waals surface area (Å²) in [6.07, 6.45) is 9.26. The topological polar surface area (TPSA) is 141 Å². The third kappa shape index (κ3) is 4.62. The zero-order chi connectivity index (χ0) is 23.5. The van der Waals surface area contributed by atoms with Gasteiger partial charge in [0, 0.05) is 35.7 Å². The number of rotatable bonds is 8. The highest BCUT2D eigenvalue weighted by Crippen LogP contribution is 2.25. The first kappa shape index (κ1) is 22.2. The quantitative estimate of drug-likeness (QED) is 0.390. The van der Waals surface area contributed by atoms with E-state index < -0.39 is 0 Å². The number of hydrogen-bond acceptors (Lipinski definition) is 8. The number of aliphatic hydroxyl groups is 1. The van der Waals surface area contributed by atoms with Crippen molar-refractivity contribution in [3.63, 3.8) is 0 Å². The molecule has 0 saturated carbocycles. The van der Waals surface area contributed by atoms with Crippen LogP contribution >= 0.6 is 0 Å². The van der Waals surface area contributed by atoms with Crippen molar-refractivity contribution in [3.05, 3.63) is 60.2 Å². The van der Waals surface area contributed by atoms with Crippen LogP contribution in [0.25, 0.3) is 11.0 Å². The fourth-order valence-electron chi connectivity index (χ4n) is 3.38. The minimum absolute atomic E-state index is 0.0121. The van der Waals surface area contributed by atoms with Crippen LogP contribution in [0.1, 0.15) is 54.3 Å². The van der Waals surface area contributed by atoms with Crippen LogP contribution in [0.4, 0.5) is 5.69 Å². The van der Waals surface area contributed by atoms with Crippen molar-refractivity contribution in [2.45, 2.75) is 39.3 Å². The van der Waals surface area contributed by atoms with Crippen LogP contribution in [0, 0.1) is 0 Å². The van der Waals surface area contributed by atoms with Crippen LogP contribution in [0.3, 0.4) is 0 Å². The predicted octanol–water partition coefficient (Wildman–Crippen LogP) is 1.96. The molecule has 0 saturated heterocycles. The Morgan fingerprint density at radius 1 is 1.12 bits per heavy atom. The second kappa shape index (κ2) is 9.25. The molecule has 4 rings (SSSR count). The number of hydrogen-bond donors (Lipinski definition) is 2. The second-order valence-electron chi connectivity index (χ2n) is 8.08. The lowest BCUT2D eigenvalue weighted by molar-refractivity contribution is -0.116. The van der Waals surface area contributed by atoms with Gasteiger partial charge < -0.3 is 15.0 Å². The van der Waals surface area contributed by atoms with Crippen molar-refractivity contribution < 1.29 is 14.7 Å². The smallest absolute Gasteiger partial charge is 0.246 e. The van der Waals surface area contributed by atoms with Crippen LogP contribution in [-0.4, -0.2) is 57.9 Å². The summed E-state index contributed by atoms with van der Waals surface area (Å²) in [5, 5.41) is 20.9. The lowest BCUT2D eigenvalue weighted by Crippen LogP contribution is -2.19. The molecule has 4 aromatic rings. The molecule has 0 spiro atoms. The minimum atomic E-state index is -0.316. The Kier molecular flexibility index (Phi) is 6.22. The maximum Gasteiger partial charge on any atom is 0.246 e. The summed E-state index contributed by atoms with van der Waals surface area (Å²) in [6, 6.07) is 1.30. The first-order chi connectivity index (χ1) is 15.9. The predicted molar refractivity (Wildman–Crippen MR) is 120 cm³/mol. The highest BCUT2D eigenvalue weighted by molar-refractivity contribution is 6.16. The maximum atomic E-state index is 13.3. The summed E-state index contributed by atoms with van der Waals surface area (Å²) < 4.78 is 3.21. The van der Waals surface area contributed by atoms with Crippen LogP contribution in [0.2, 0.25) is 0 Å². The van der Waals surface area contributed by atoms with Gasteiger partial charge in [0.2, 0.25) is 5.91 Å². The van der Waals surface area contributed by atoms with Crippen LogP contribution in [0.15, 0.2) is 43.4 Å². The van der Waals surface area contributed by atoms with Gasteiger partial charge in [-0.1, -0.05) is 19.1 Å². The van der Waals surface area contributed by atoms with Crippen LogP contribution in [-0.2, 0) is 11.3 Å². The van der Waals surface area contributed by atoms with E-state index in [1.807, 2.05) is 20.8 Å². The molecule has 0 aliphatic rings. The van der Waals surface area contributed by atoms with E-state index >= 15 is 0 Å². The molecule has 1 amide bonds. The highest BCUT2D eigenvalue weighted by atomic mass is 16.3. The molecule has 0 fully saturated rings. The number of fused-ring (bicyclic) bond motifs is 1.